The van der Waals surface area contributed by atoms with Gasteiger partial charge in [0.1, 0.15) is 17.9 Å². The van der Waals surface area contributed by atoms with Crippen molar-refractivity contribution in [2.45, 2.75) is 12.8 Å². The summed E-state index contributed by atoms with van der Waals surface area (Å²) < 4.78 is 18.3. The molecule has 0 aliphatic heterocycles. The molecule has 0 bridgehead atoms. The Morgan fingerprint density at radius 3 is 2.84 bits per heavy atom. The number of ether oxygens (including phenoxy) is 2. The summed E-state index contributed by atoms with van der Waals surface area (Å²) in [6, 6.07) is 11.1. The first-order chi connectivity index (χ1) is 15.1. The topological polar surface area (TPSA) is 112 Å². The van der Waals surface area contributed by atoms with Crippen LogP contribution < -0.4 is 10.1 Å². The van der Waals surface area contributed by atoms with Crippen LogP contribution in [0.3, 0.4) is 0 Å². The Morgan fingerprint density at radius 1 is 1.16 bits per heavy atom. The molecule has 0 aliphatic carbocycles. The Kier molecular flexibility index (Phi) is 6.15. The van der Waals surface area contributed by atoms with Gasteiger partial charge in [-0.1, -0.05) is 0 Å². The molecule has 2 N–H and O–H groups in total. The number of imidazole rings is 1. The third kappa shape index (κ3) is 4.52. The summed E-state index contributed by atoms with van der Waals surface area (Å²) in [5, 5.41) is 12.0. The van der Waals surface area contributed by atoms with Crippen molar-refractivity contribution in [3.8, 4) is 5.75 Å². The molecule has 9 heteroatoms. The van der Waals surface area contributed by atoms with E-state index in [1.165, 1.54) is 0 Å². The highest BCUT2D eigenvalue weighted by molar-refractivity contribution is 5.99. The Bertz CT molecular complexity index is 1210. The van der Waals surface area contributed by atoms with E-state index in [4.69, 9.17) is 19.0 Å². The van der Waals surface area contributed by atoms with Crippen molar-refractivity contribution in [1.29, 1.82) is 0 Å². The maximum absolute atomic E-state index is 12.2. The van der Waals surface area contributed by atoms with E-state index in [1.54, 1.807) is 25.3 Å². The minimum absolute atomic E-state index is 0.00306. The number of anilines is 2. The van der Waals surface area contributed by atoms with Gasteiger partial charge in [-0.2, -0.15) is 4.98 Å². The second kappa shape index (κ2) is 9.15. The third-order valence-electron chi connectivity index (χ3n) is 4.90. The van der Waals surface area contributed by atoms with E-state index in [0.29, 0.717) is 65.9 Å². The van der Waals surface area contributed by atoms with Crippen molar-refractivity contribution in [3.63, 3.8) is 0 Å². The number of aliphatic hydroxyl groups excluding tert-OH is 1. The van der Waals surface area contributed by atoms with Crippen LogP contribution in [0.4, 0.5) is 12.0 Å². The Morgan fingerprint density at radius 2 is 2.03 bits per heavy atom. The van der Waals surface area contributed by atoms with Crippen LogP contribution in [-0.4, -0.2) is 52.4 Å². The van der Waals surface area contributed by atoms with Gasteiger partial charge in [-0.3, -0.25) is 10.1 Å². The summed E-state index contributed by atoms with van der Waals surface area (Å²) in [4.78, 5) is 21.3. The van der Waals surface area contributed by atoms with Crippen LogP contribution >= 0.6 is 0 Å². The summed E-state index contributed by atoms with van der Waals surface area (Å²) in [5.41, 5.74) is 3.41. The smallest absolute Gasteiger partial charge is 0.302 e. The van der Waals surface area contributed by atoms with E-state index in [1.807, 2.05) is 29.8 Å². The SMILES string of the molecule is COCCOc1ccc2nc(Nc3nc4cc(C(=O)CCCO)ccc4n3C)oc2c1. The molecule has 0 fully saturated rings. The van der Waals surface area contributed by atoms with Crippen LogP contribution in [0.1, 0.15) is 23.2 Å². The highest BCUT2D eigenvalue weighted by Crippen LogP contribution is 2.27. The van der Waals surface area contributed by atoms with Crippen LogP contribution in [0.5, 0.6) is 5.75 Å². The van der Waals surface area contributed by atoms with E-state index >= 15 is 0 Å². The molecular formula is C22H24N4O5. The van der Waals surface area contributed by atoms with Crippen LogP contribution in [0.15, 0.2) is 40.8 Å². The monoisotopic (exact) mass is 424 g/mol. The number of methoxy groups -OCH3 is 1. The normalized spacial score (nSPS) is 11.3. The molecule has 31 heavy (non-hydrogen) atoms. The highest BCUT2D eigenvalue weighted by Gasteiger charge is 2.14. The Labute approximate surface area is 178 Å². The van der Waals surface area contributed by atoms with E-state index < -0.39 is 0 Å². The van der Waals surface area contributed by atoms with Gasteiger partial charge >= 0.3 is 6.01 Å². The average Bonchev–Trinajstić information content (AvgIpc) is 3.31. The molecular weight excluding hydrogens is 400 g/mol. The number of Topliss-reactive ketones (excluding diaryl/α,β-unsaturated/α-hetero) is 1. The Hall–Kier alpha value is -3.43. The van der Waals surface area contributed by atoms with Crippen molar-refractivity contribution >= 4 is 39.9 Å². The van der Waals surface area contributed by atoms with Gasteiger partial charge in [-0.25, -0.2) is 4.98 Å². The van der Waals surface area contributed by atoms with Crippen LogP contribution in [-0.2, 0) is 11.8 Å². The first kappa shape index (κ1) is 20.8. The number of carbonyl (C=O) groups is 1. The molecule has 2 aromatic carbocycles. The van der Waals surface area contributed by atoms with Gasteiger partial charge in [0.2, 0.25) is 5.95 Å². The summed E-state index contributed by atoms with van der Waals surface area (Å²) in [5.74, 6) is 1.20. The molecule has 4 aromatic rings. The van der Waals surface area contributed by atoms with Crippen LogP contribution in [0, 0.1) is 0 Å². The first-order valence-electron chi connectivity index (χ1n) is 9.99. The highest BCUT2D eigenvalue weighted by atomic mass is 16.5. The number of nitrogens with zero attached hydrogens (tertiary/aromatic N) is 3. The molecule has 9 nitrogen and oxygen atoms in total. The maximum Gasteiger partial charge on any atom is 0.302 e. The number of nitrogens with one attached hydrogen (secondary N) is 1. The first-order valence-corrected chi connectivity index (χ1v) is 9.99. The van der Waals surface area contributed by atoms with Crippen LogP contribution in [0.25, 0.3) is 22.1 Å². The molecule has 4 rings (SSSR count). The predicted octanol–water partition coefficient (Wildman–Crippen LogP) is 3.44. The molecule has 0 saturated heterocycles. The van der Waals surface area contributed by atoms with Gasteiger partial charge in [0.25, 0.3) is 0 Å². The largest absolute Gasteiger partial charge is 0.491 e. The minimum atomic E-state index is -0.0152. The fourth-order valence-electron chi connectivity index (χ4n) is 3.26. The number of hydrogen-bond acceptors (Lipinski definition) is 8. The number of rotatable bonds is 10. The fourth-order valence-corrected chi connectivity index (χ4v) is 3.26. The predicted molar refractivity (Wildman–Crippen MR) is 116 cm³/mol. The average molecular weight is 424 g/mol. The van der Waals surface area contributed by atoms with Crippen molar-refractivity contribution in [3.05, 3.63) is 42.0 Å². The summed E-state index contributed by atoms with van der Waals surface area (Å²) in [7, 11) is 3.49. The number of fused-ring (bicyclic) bond motifs is 2. The van der Waals surface area contributed by atoms with Crippen molar-refractivity contribution < 1.29 is 23.8 Å². The van der Waals surface area contributed by atoms with E-state index in [2.05, 4.69) is 15.3 Å². The molecule has 0 saturated carbocycles. The summed E-state index contributed by atoms with van der Waals surface area (Å²) in [6.07, 6.45) is 0.753. The van der Waals surface area contributed by atoms with E-state index in [9.17, 15) is 4.79 Å². The standard InChI is InChI=1S/C22H24N4O5/c1-26-18-8-5-14(19(28)4-3-9-27)12-17(18)23-21(26)25-22-24-16-7-6-15(13-20(16)31-22)30-11-10-29-2/h5-8,12-13,27H,3-4,9-11H2,1-2H3,(H,23,24,25). The number of carbonyl (C=O) groups excluding carboxylic acids is 1. The molecule has 0 unspecified atom stereocenters. The zero-order chi connectivity index (χ0) is 21.8. The quantitative estimate of drug-likeness (QED) is 0.294. The van der Waals surface area contributed by atoms with Crippen LogP contribution in [0.2, 0.25) is 0 Å². The van der Waals surface area contributed by atoms with E-state index in [-0.39, 0.29) is 12.4 Å². The zero-order valence-electron chi connectivity index (χ0n) is 17.4. The number of aliphatic hydroxyl groups is 1. The molecule has 2 heterocycles. The van der Waals surface area contributed by atoms with Gasteiger partial charge in [0, 0.05) is 38.8 Å². The maximum atomic E-state index is 12.2. The molecule has 0 radical (unpaired) electrons. The summed E-state index contributed by atoms with van der Waals surface area (Å²) >= 11 is 0. The number of ketones is 1. The second-order valence-electron chi connectivity index (χ2n) is 7.06. The van der Waals surface area contributed by atoms with Gasteiger partial charge in [0.05, 0.1) is 17.6 Å². The van der Waals surface area contributed by atoms with Crippen molar-refractivity contribution in [1.82, 2.24) is 14.5 Å². The minimum Gasteiger partial charge on any atom is -0.491 e. The van der Waals surface area contributed by atoms with Gasteiger partial charge in [-0.05, 0) is 36.8 Å². The lowest BCUT2D eigenvalue weighted by atomic mass is 10.1. The lowest BCUT2D eigenvalue weighted by Gasteiger charge is -2.04. The fraction of sp³-hybridized carbons (Fsp3) is 0.318. The molecule has 2 aromatic heterocycles. The van der Waals surface area contributed by atoms with Gasteiger partial charge in [0.15, 0.2) is 11.4 Å². The number of oxazole rings is 1. The third-order valence-corrected chi connectivity index (χ3v) is 4.90. The Balaban J connectivity index is 1.55. The van der Waals surface area contributed by atoms with Gasteiger partial charge < -0.3 is 23.6 Å². The number of aryl methyl sites for hydroxylation is 1. The van der Waals surface area contributed by atoms with Crippen molar-refractivity contribution in [2.75, 3.05) is 32.2 Å². The second-order valence-corrected chi connectivity index (χ2v) is 7.06. The lowest BCUT2D eigenvalue weighted by Crippen LogP contribution is -2.03. The number of aromatic nitrogens is 3. The van der Waals surface area contributed by atoms with E-state index in [0.717, 1.165) is 5.52 Å². The molecule has 0 spiro atoms. The zero-order valence-corrected chi connectivity index (χ0v) is 17.4. The molecule has 162 valence electrons. The number of hydrogen-bond donors (Lipinski definition) is 2. The van der Waals surface area contributed by atoms with Gasteiger partial charge in [-0.15, -0.1) is 0 Å². The summed E-state index contributed by atoms with van der Waals surface area (Å²) in [6.45, 7) is 0.950. The number of benzene rings is 2. The molecule has 0 amide bonds. The molecule has 0 aliphatic rings. The lowest BCUT2D eigenvalue weighted by molar-refractivity contribution is 0.0971. The molecule has 0 atom stereocenters. The van der Waals surface area contributed by atoms with Crippen molar-refractivity contribution in [2.24, 2.45) is 7.05 Å².